The molecule has 3 heterocycles. The molecule has 12 heteroatoms. The van der Waals surface area contributed by atoms with E-state index >= 15 is 0 Å². The summed E-state index contributed by atoms with van der Waals surface area (Å²) < 4.78 is 15.6. The zero-order chi connectivity index (χ0) is 22.3. The molecule has 1 fully saturated rings. The number of amides is 1. The van der Waals surface area contributed by atoms with E-state index in [1.165, 1.54) is 0 Å². The lowest BCUT2D eigenvalue weighted by Crippen LogP contribution is -2.49. The van der Waals surface area contributed by atoms with Crippen molar-refractivity contribution in [1.29, 1.82) is 0 Å². The van der Waals surface area contributed by atoms with Gasteiger partial charge < -0.3 is 23.8 Å². The largest absolute Gasteiger partial charge is 0.465 e. The summed E-state index contributed by atoms with van der Waals surface area (Å²) in [5, 5.41) is 15.9. The molecule has 2 aromatic heterocycles. The summed E-state index contributed by atoms with van der Waals surface area (Å²) in [7, 11) is 0. The standard InChI is InChI=1S/C20H23N7O5/c1-2-30-18(28)13-27-22-19(21-24-27)16-12-17(23-32-16)25-8-10-26(11-9-25)20(29)31-14-15-6-4-3-5-7-15/h3-7,12H,2,8-11,13-14H2,1H3. The lowest BCUT2D eigenvalue weighted by Gasteiger charge is -2.33. The van der Waals surface area contributed by atoms with Gasteiger partial charge in [0.25, 0.3) is 0 Å². The molecule has 0 saturated carbocycles. The van der Waals surface area contributed by atoms with E-state index < -0.39 is 5.97 Å². The van der Waals surface area contributed by atoms with Crippen LogP contribution in [0.25, 0.3) is 11.6 Å². The first kappa shape index (κ1) is 21.3. The third-order valence-electron chi connectivity index (χ3n) is 4.81. The summed E-state index contributed by atoms with van der Waals surface area (Å²) in [6.45, 7) is 4.28. The first-order valence-corrected chi connectivity index (χ1v) is 10.2. The van der Waals surface area contributed by atoms with Crippen LogP contribution in [0.15, 0.2) is 40.9 Å². The van der Waals surface area contributed by atoms with Crippen LogP contribution in [-0.2, 0) is 27.4 Å². The third-order valence-corrected chi connectivity index (χ3v) is 4.81. The first-order valence-electron chi connectivity index (χ1n) is 10.2. The Labute approximate surface area is 183 Å². The Morgan fingerprint density at radius 2 is 1.88 bits per heavy atom. The number of rotatable bonds is 7. The van der Waals surface area contributed by atoms with Crippen LogP contribution in [-0.4, -0.2) is 75.1 Å². The van der Waals surface area contributed by atoms with Crippen LogP contribution in [0, 0.1) is 0 Å². The van der Waals surface area contributed by atoms with E-state index in [4.69, 9.17) is 14.0 Å². The summed E-state index contributed by atoms with van der Waals surface area (Å²) in [6.07, 6.45) is -0.336. The second-order valence-electron chi connectivity index (χ2n) is 7.01. The Kier molecular flexibility index (Phi) is 6.58. The van der Waals surface area contributed by atoms with E-state index in [2.05, 4.69) is 20.6 Å². The average Bonchev–Trinajstić information content (AvgIpc) is 3.48. The minimum absolute atomic E-state index is 0.135. The van der Waals surface area contributed by atoms with E-state index in [1.54, 1.807) is 17.9 Å². The Morgan fingerprint density at radius 3 is 2.62 bits per heavy atom. The molecule has 1 aromatic carbocycles. The van der Waals surface area contributed by atoms with Gasteiger partial charge in [0.05, 0.1) is 6.61 Å². The summed E-state index contributed by atoms with van der Waals surface area (Å²) in [5.74, 6) is 0.713. The van der Waals surface area contributed by atoms with E-state index in [0.717, 1.165) is 10.4 Å². The smallest absolute Gasteiger partial charge is 0.410 e. The van der Waals surface area contributed by atoms with Crippen LogP contribution in [0.2, 0.25) is 0 Å². The number of anilines is 1. The lowest BCUT2D eigenvalue weighted by atomic mass is 10.2. The van der Waals surface area contributed by atoms with Crippen LogP contribution in [0.3, 0.4) is 0 Å². The zero-order valence-corrected chi connectivity index (χ0v) is 17.6. The summed E-state index contributed by atoms with van der Waals surface area (Å²) >= 11 is 0. The summed E-state index contributed by atoms with van der Waals surface area (Å²) in [6, 6.07) is 11.3. The lowest BCUT2D eigenvalue weighted by molar-refractivity contribution is -0.144. The minimum Gasteiger partial charge on any atom is -0.465 e. The van der Waals surface area contributed by atoms with Crippen LogP contribution in [0.5, 0.6) is 0 Å². The number of benzene rings is 1. The molecule has 4 rings (SSSR count). The first-order chi connectivity index (χ1) is 15.6. The van der Waals surface area contributed by atoms with Crippen molar-refractivity contribution < 1.29 is 23.6 Å². The number of esters is 1. The number of carbonyl (C=O) groups is 2. The second kappa shape index (κ2) is 9.90. The normalized spacial score (nSPS) is 13.8. The number of ether oxygens (including phenoxy) is 2. The van der Waals surface area contributed by atoms with Crippen molar-refractivity contribution in [3.05, 3.63) is 42.0 Å². The van der Waals surface area contributed by atoms with E-state index in [0.29, 0.717) is 37.8 Å². The predicted molar refractivity (Wildman–Crippen MR) is 110 cm³/mol. The molecule has 0 radical (unpaired) electrons. The summed E-state index contributed by atoms with van der Waals surface area (Å²) in [5.41, 5.74) is 0.947. The highest BCUT2D eigenvalue weighted by atomic mass is 16.6. The van der Waals surface area contributed by atoms with Gasteiger partial charge in [-0.3, -0.25) is 0 Å². The SMILES string of the molecule is CCOC(=O)Cn1nnc(-c2cc(N3CCN(C(=O)OCc4ccccc4)CC3)no2)n1. The van der Waals surface area contributed by atoms with E-state index in [1.807, 2.05) is 35.2 Å². The molecule has 3 aromatic rings. The maximum Gasteiger partial charge on any atom is 0.410 e. The molecule has 1 aliphatic heterocycles. The van der Waals surface area contributed by atoms with Crippen molar-refractivity contribution in [2.75, 3.05) is 37.7 Å². The highest BCUT2D eigenvalue weighted by molar-refractivity contribution is 5.69. The average molecular weight is 441 g/mol. The number of nitrogens with zero attached hydrogens (tertiary/aromatic N) is 7. The molecule has 1 saturated heterocycles. The molecule has 168 valence electrons. The molecule has 1 aliphatic rings. The van der Waals surface area contributed by atoms with Crippen molar-refractivity contribution in [2.45, 2.75) is 20.1 Å². The molecule has 12 nitrogen and oxygen atoms in total. The van der Waals surface area contributed by atoms with Crippen molar-refractivity contribution in [2.24, 2.45) is 0 Å². The highest BCUT2D eigenvalue weighted by Crippen LogP contribution is 2.22. The topological polar surface area (TPSA) is 129 Å². The molecular weight excluding hydrogens is 418 g/mol. The van der Waals surface area contributed by atoms with Crippen LogP contribution in [0.4, 0.5) is 10.6 Å². The van der Waals surface area contributed by atoms with Gasteiger partial charge in [0.2, 0.25) is 11.6 Å². The molecule has 0 spiro atoms. The number of hydrogen-bond acceptors (Lipinski definition) is 10. The number of tetrazole rings is 1. The van der Waals surface area contributed by atoms with Gasteiger partial charge in [0, 0.05) is 32.2 Å². The van der Waals surface area contributed by atoms with E-state index in [9.17, 15) is 9.59 Å². The van der Waals surface area contributed by atoms with Gasteiger partial charge in [-0.1, -0.05) is 35.5 Å². The maximum absolute atomic E-state index is 12.3. The fourth-order valence-corrected chi connectivity index (χ4v) is 3.18. The predicted octanol–water partition coefficient (Wildman–Crippen LogP) is 1.35. The van der Waals surface area contributed by atoms with Crippen LogP contribution in [0.1, 0.15) is 12.5 Å². The van der Waals surface area contributed by atoms with Gasteiger partial charge in [0.15, 0.2) is 12.4 Å². The van der Waals surface area contributed by atoms with Gasteiger partial charge >= 0.3 is 12.1 Å². The fourth-order valence-electron chi connectivity index (χ4n) is 3.18. The molecular formula is C20H23N7O5. The number of piperazine rings is 1. The van der Waals surface area contributed by atoms with E-state index in [-0.39, 0.29) is 31.7 Å². The minimum atomic E-state index is -0.449. The molecule has 0 N–H and O–H groups in total. The van der Waals surface area contributed by atoms with Crippen molar-refractivity contribution >= 4 is 17.9 Å². The van der Waals surface area contributed by atoms with Crippen molar-refractivity contribution in [3.63, 3.8) is 0 Å². The third kappa shape index (κ3) is 5.20. The van der Waals surface area contributed by atoms with Gasteiger partial charge in [-0.2, -0.15) is 4.80 Å². The second-order valence-corrected chi connectivity index (χ2v) is 7.01. The molecule has 0 bridgehead atoms. The number of carbonyl (C=O) groups excluding carboxylic acids is 2. The Bertz CT molecular complexity index is 1040. The highest BCUT2D eigenvalue weighted by Gasteiger charge is 2.25. The van der Waals surface area contributed by atoms with Gasteiger partial charge in [-0.15, -0.1) is 10.2 Å². The van der Waals surface area contributed by atoms with Gasteiger partial charge in [-0.05, 0) is 17.7 Å². The van der Waals surface area contributed by atoms with Crippen molar-refractivity contribution in [1.82, 2.24) is 30.3 Å². The number of hydrogen-bond donors (Lipinski definition) is 0. The number of aromatic nitrogens is 5. The monoisotopic (exact) mass is 441 g/mol. The van der Waals surface area contributed by atoms with Crippen molar-refractivity contribution in [3.8, 4) is 11.6 Å². The summed E-state index contributed by atoms with van der Waals surface area (Å²) in [4.78, 5) is 28.6. The Balaban J connectivity index is 1.28. The fraction of sp³-hybridized carbons (Fsp3) is 0.400. The molecule has 1 amide bonds. The van der Waals surface area contributed by atoms with Crippen LogP contribution < -0.4 is 4.90 Å². The molecule has 0 unspecified atom stereocenters. The maximum atomic E-state index is 12.3. The van der Waals surface area contributed by atoms with Crippen LogP contribution >= 0.6 is 0 Å². The zero-order valence-electron chi connectivity index (χ0n) is 17.6. The molecule has 0 aliphatic carbocycles. The Hall–Kier alpha value is -3.96. The molecule has 0 atom stereocenters. The van der Waals surface area contributed by atoms with Gasteiger partial charge in [0.1, 0.15) is 6.61 Å². The van der Waals surface area contributed by atoms with Gasteiger partial charge in [-0.25, -0.2) is 9.59 Å². The Morgan fingerprint density at radius 1 is 1.09 bits per heavy atom. The quantitative estimate of drug-likeness (QED) is 0.495. The molecule has 32 heavy (non-hydrogen) atoms.